The van der Waals surface area contributed by atoms with Crippen molar-refractivity contribution in [2.75, 3.05) is 20.2 Å². The van der Waals surface area contributed by atoms with Crippen molar-refractivity contribution >= 4 is 11.0 Å². The van der Waals surface area contributed by atoms with Crippen molar-refractivity contribution in [1.29, 1.82) is 0 Å². The molecule has 0 radical (unpaired) electrons. The average molecular weight is 337 g/mol. The summed E-state index contributed by atoms with van der Waals surface area (Å²) in [5.74, 6) is 0.915. The zero-order chi connectivity index (χ0) is 17.2. The predicted molar refractivity (Wildman–Crippen MR) is 99.2 cm³/mol. The molecule has 0 saturated heterocycles. The molecule has 1 aliphatic heterocycles. The Labute approximate surface area is 146 Å². The molecule has 1 N–H and O–H groups in total. The molecule has 0 amide bonds. The van der Waals surface area contributed by atoms with Crippen LogP contribution in [0.5, 0.6) is 5.75 Å². The number of ether oxygens (including phenoxy) is 1. The monoisotopic (exact) mass is 337 g/mol. The number of aromatic nitrogens is 2. The maximum absolute atomic E-state index is 12.2. The van der Waals surface area contributed by atoms with Crippen LogP contribution in [-0.2, 0) is 13.0 Å². The Morgan fingerprint density at radius 1 is 1.20 bits per heavy atom. The molecule has 4 rings (SSSR count). The van der Waals surface area contributed by atoms with Crippen LogP contribution in [0.2, 0.25) is 0 Å². The van der Waals surface area contributed by atoms with Crippen LogP contribution in [0.3, 0.4) is 0 Å². The van der Waals surface area contributed by atoms with E-state index in [0.29, 0.717) is 12.6 Å². The molecule has 3 aromatic rings. The molecule has 0 bridgehead atoms. The molecule has 130 valence electrons. The SMILES string of the molecule is CN(CCCOc1ccccc1)[C@@H]1Cc2cccc3[nH]c(=O)n(c23)C1. The summed E-state index contributed by atoms with van der Waals surface area (Å²) in [4.78, 5) is 17.5. The van der Waals surface area contributed by atoms with E-state index in [-0.39, 0.29) is 5.69 Å². The summed E-state index contributed by atoms with van der Waals surface area (Å²) < 4.78 is 7.65. The van der Waals surface area contributed by atoms with E-state index in [2.05, 4.69) is 23.0 Å². The molecule has 5 heteroatoms. The minimum atomic E-state index is -0.00652. The lowest BCUT2D eigenvalue weighted by Gasteiger charge is -2.31. The van der Waals surface area contributed by atoms with Crippen molar-refractivity contribution in [3.8, 4) is 5.75 Å². The molecule has 2 heterocycles. The minimum absolute atomic E-state index is 0.00652. The van der Waals surface area contributed by atoms with Gasteiger partial charge in [0.15, 0.2) is 0 Å². The van der Waals surface area contributed by atoms with Gasteiger partial charge < -0.3 is 14.6 Å². The number of imidazole rings is 1. The predicted octanol–water partition coefficient (Wildman–Crippen LogP) is 2.66. The highest BCUT2D eigenvalue weighted by atomic mass is 16.5. The summed E-state index contributed by atoms with van der Waals surface area (Å²) in [6.45, 7) is 2.39. The van der Waals surface area contributed by atoms with Crippen LogP contribution in [0.15, 0.2) is 53.3 Å². The first-order valence-corrected chi connectivity index (χ1v) is 8.81. The number of rotatable bonds is 6. The van der Waals surface area contributed by atoms with E-state index in [1.165, 1.54) is 5.56 Å². The van der Waals surface area contributed by atoms with Crippen molar-refractivity contribution in [3.05, 3.63) is 64.6 Å². The molecule has 1 aliphatic rings. The van der Waals surface area contributed by atoms with E-state index < -0.39 is 0 Å². The van der Waals surface area contributed by atoms with Gasteiger partial charge in [0.1, 0.15) is 5.75 Å². The third-order valence-corrected chi connectivity index (χ3v) is 5.02. The van der Waals surface area contributed by atoms with Gasteiger partial charge >= 0.3 is 5.69 Å². The Kier molecular flexibility index (Phi) is 4.32. The summed E-state index contributed by atoms with van der Waals surface area (Å²) in [5, 5.41) is 0. The fourth-order valence-corrected chi connectivity index (χ4v) is 3.66. The van der Waals surface area contributed by atoms with E-state index in [9.17, 15) is 4.79 Å². The van der Waals surface area contributed by atoms with E-state index in [4.69, 9.17) is 4.74 Å². The summed E-state index contributed by atoms with van der Waals surface area (Å²) in [5.41, 5.74) is 3.26. The van der Waals surface area contributed by atoms with E-state index >= 15 is 0 Å². The van der Waals surface area contributed by atoms with Crippen LogP contribution in [0, 0.1) is 0 Å². The zero-order valence-corrected chi connectivity index (χ0v) is 14.4. The molecular weight excluding hydrogens is 314 g/mol. The lowest BCUT2D eigenvalue weighted by Crippen LogP contribution is -2.42. The van der Waals surface area contributed by atoms with Crippen molar-refractivity contribution < 1.29 is 4.74 Å². The average Bonchev–Trinajstić information content (AvgIpc) is 2.97. The molecule has 0 spiro atoms. The molecule has 5 nitrogen and oxygen atoms in total. The maximum Gasteiger partial charge on any atom is 0.326 e. The van der Waals surface area contributed by atoms with Gasteiger partial charge in [-0.1, -0.05) is 30.3 Å². The highest BCUT2D eigenvalue weighted by molar-refractivity contribution is 5.79. The third-order valence-electron chi connectivity index (χ3n) is 5.02. The Morgan fingerprint density at radius 3 is 2.88 bits per heavy atom. The number of H-pyrrole nitrogens is 1. The molecular formula is C20H23N3O2. The van der Waals surface area contributed by atoms with Crippen LogP contribution >= 0.6 is 0 Å². The number of hydrogen-bond donors (Lipinski definition) is 1. The number of para-hydroxylation sites is 2. The van der Waals surface area contributed by atoms with Crippen molar-refractivity contribution in [2.45, 2.75) is 25.4 Å². The molecule has 25 heavy (non-hydrogen) atoms. The number of benzene rings is 2. The van der Waals surface area contributed by atoms with Gasteiger partial charge in [0.05, 0.1) is 17.6 Å². The zero-order valence-electron chi connectivity index (χ0n) is 14.4. The summed E-state index contributed by atoms with van der Waals surface area (Å²) in [6.07, 6.45) is 1.94. The summed E-state index contributed by atoms with van der Waals surface area (Å²) in [7, 11) is 2.13. The minimum Gasteiger partial charge on any atom is -0.494 e. The van der Waals surface area contributed by atoms with Crippen LogP contribution in [-0.4, -0.2) is 40.7 Å². The van der Waals surface area contributed by atoms with Crippen molar-refractivity contribution in [2.24, 2.45) is 0 Å². The van der Waals surface area contributed by atoms with Crippen LogP contribution in [0.25, 0.3) is 11.0 Å². The highest BCUT2D eigenvalue weighted by Crippen LogP contribution is 2.24. The van der Waals surface area contributed by atoms with Gasteiger partial charge in [-0.15, -0.1) is 0 Å². The van der Waals surface area contributed by atoms with Crippen LogP contribution in [0.1, 0.15) is 12.0 Å². The van der Waals surface area contributed by atoms with Gasteiger partial charge in [-0.2, -0.15) is 0 Å². The van der Waals surface area contributed by atoms with Gasteiger partial charge in [-0.05, 0) is 43.7 Å². The van der Waals surface area contributed by atoms with Gasteiger partial charge in [0.25, 0.3) is 0 Å². The standard InChI is InChI=1S/C20H23N3O2/c1-22(11-6-12-25-17-8-3-2-4-9-17)16-13-15-7-5-10-18-19(15)23(14-16)20(24)21-18/h2-5,7-10,16H,6,11-14H2,1H3,(H,21,24)/t16-/m1/s1. The number of hydrogen-bond acceptors (Lipinski definition) is 3. The van der Waals surface area contributed by atoms with Gasteiger partial charge in [-0.25, -0.2) is 4.79 Å². The Morgan fingerprint density at radius 2 is 2.04 bits per heavy atom. The lowest BCUT2D eigenvalue weighted by molar-refractivity contribution is 0.193. The first-order chi connectivity index (χ1) is 12.2. The quantitative estimate of drug-likeness (QED) is 0.704. The summed E-state index contributed by atoms with van der Waals surface area (Å²) >= 11 is 0. The Hall–Kier alpha value is -2.53. The van der Waals surface area contributed by atoms with Gasteiger partial charge in [-0.3, -0.25) is 4.57 Å². The van der Waals surface area contributed by atoms with Gasteiger partial charge in [0, 0.05) is 19.1 Å². The molecule has 0 fully saturated rings. The lowest BCUT2D eigenvalue weighted by atomic mass is 9.99. The Balaban J connectivity index is 1.36. The van der Waals surface area contributed by atoms with E-state index in [0.717, 1.165) is 42.7 Å². The second-order valence-corrected chi connectivity index (χ2v) is 6.71. The summed E-state index contributed by atoms with van der Waals surface area (Å²) in [6, 6.07) is 16.4. The molecule has 2 aromatic carbocycles. The van der Waals surface area contributed by atoms with Crippen LogP contribution in [0.4, 0.5) is 0 Å². The fraction of sp³-hybridized carbons (Fsp3) is 0.350. The number of nitrogens with zero attached hydrogens (tertiary/aromatic N) is 2. The number of nitrogens with one attached hydrogen (secondary N) is 1. The fourth-order valence-electron chi connectivity index (χ4n) is 3.66. The third kappa shape index (κ3) is 3.20. The molecule has 0 unspecified atom stereocenters. The Bertz CT molecular complexity index is 914. The first-order valence-electron chi connectivity index (χ1n) is 8.81. The topological polar surface area (TPSA) is 50.3 Å². The highest BCUT2D eigenvalue weighted by Gasteiger charge is 2.25. The van der Waals surface area contributed by atoms with Crippen LogP contribution < -0.4 is 10.4 Å². The molecule has 1 atom stereocenters. The largest absolute Gasteiger partial charge is 0.494 e. The molecule has 0 aliphatic carbocycles. The van der Waals surface area contributed by atoms with E-state index in [1.807, 2.05) is 47.0 Å². The maximum atomic E-state index is 12.2. The van der Waals surface area contributed by atoms with Crippen molar-refractivity contribution in [1.82, 2.24) is 14.5 Å². The second kappa shape index (κ2) is 6.76. The van der Waals surface area contributed by atoms with Crippen molar-refractivity contribution in [3.63, 3.8) is 0 Å². The molecule has 0 saturated carbocycles. The number of likely N-dealkylation sites (N-methyl/N-ethyl adjacent to an activating group) is 1. The first kappa shape index (κ1) is 16.0. The number of aromatic amines is 1. The van der Waals surface area contributed by atoms with Gasteiger partial charge in [0.2, 0.25) is 0 Å². The van der Waals surface area contributed by atoms with E-state index in [1.54, 1.807) is 0 Å². The smallest absolute Gasteiger partial charge is 0.326 e. The second-order valence-electron chi connectivity index (χ2n) is 6.71. The normalized spacial score (nSPS) is 16.5. The molecule has 1 aromatic heterocycles.